The number of amides is 1. The minimum Gasteiger partial charge on any atom is -0.450 e. The lowest BCUT2D eigenvalue weighted by atomic mass is 9.99. The Hall–Kier alpha value is -2.77. The lowest BCUT2D eigenvalue weighted by Gasteiger charge is -2.22. The number of hydrogen-bond donors (Lipinski definition) is 0. The van der Waals surface area contributed by atoms with E-state index in [1.807, 2.05) is 24.3 Å². The van der Waals surface area contributed by atoms with Gasteiger partial charge >= 0.3 is 0 Å². The molecule has 1 aliphatic rings. The Morgan fingerprint density at radius 2 is 1.96 bits per heavy atom. The van der Waals surface area contributed by atoms with Gasteiger partial charge in [-0.25, -0.2) is 4.98 Å². The third-order valence-corrected chi connectivity index (χ3v) is 5.83. The van der Waals surface area contributed by atoms with Gasteiger partial charge in [0.15, 0.2) is 10.6 Å². The summed E-state index contributed by atoms with van der Waals surface area (Å²) in [6.45, 7) is 0. The van der Waals surface area contributed by atoms with Gasteiger partial charge in [0.1, 0.15) is 5.58 Å². The van der Waals surface area contributed by atoms with E-state index in [4.69, 9.17) is 4.42 Å². The van der Waals surface area contributed by atoms with Gasteiger partial charge in [-0.3, -0.25) is 14.5 Å². The second-order valence-corrected chi connectivity index (χ2v) is 7.91. The highest BCUT2D eigenvalue weighted by Gasteiger charge is 2.44. The molecule has 2 aromatic carbocycles. The highest BCUT2D eigenvalue weighted by molar-refractivity contribution is 9.10. The smallest absolute Gasteiger partial charge is 0.297 e. The normalized spacial score (nSPS) is 16.1. The van der Waals surface area contributed by atoms with Crippen molar-refractivity contribution in [2.24, 2.45) is 0 Å². The molecule has 1 atom stereocenters. The number of hydrogen-bond acceptors (Lipinski definition) is 5. The quantitative estimate of drug-likeness (QED) is 0.452. The van der Waals surface area contributed by atoms with Crippen molar-refractivity contribution < 1.29 is 9.21 Å². The van der Waals surface area contributed by atoms with E-state index in [0.29, 0.717) is 21.7 Å². The fourth-order valence-corrected chi connectivity index (χ4v) is 4.53. The van der Waals surface area contributed by atoms with Crippen LogP contribution in [0.2, 0.25) is 0 Å². The predicted octanol–water partition coefficient (Wildman–Crippen LogP) is 4.76. The fraction of sp³-hybridized carbons (Fsp3) is 0.0500. The minimum absolute atomic E-state index is 0.0823. The van der Waals surface area contributed by atoms with Crippen LogP contribution in [-0.2, 0) is 0 Å². The molecular weight excluding hydrogens is 428 g/mol. The van der Waals surface area contributed by atoms with Crippen LogP contribution < -0.4 is 10.3 Å². The van der Waals surface area contributed by atoms with Crippen molar-refractivity contribution in [3.63, 3.8) is 0 Å². The average Bonchev–Trinajstić information content (AvgIpc) is 3.29. The SMILES string of the molecule is O=C1c2oc3ccccc3c(=O)c2C(c2cccc(Br)c2)N1c1nccs1. The molecule has 1 amide bonds. The van der Waals surface area contributed by atoms with Crippen molar-refractivity contribution in [3.05, 3.63) is 91.7 Å². The summed E-state index contributed by atoms with van der Waals surface area (Å²) in [5.41, 5.74) is 1.38. The van der Waals surface area contributed by atoms with Crippen molar-refractivity contribution >= 4 is 49.3 Å². The fourth-order valence-electron chi connectivity index (χ4n) is 3.44. The number of para-hydroxylation sites is 1. The topological polar surface area (TPSA) is 63.4 Å². The number of rotatable bonds is 2. The van der Waals surface area contributed by atoms with E-state index < -0.39 is 6.04 Å². The first-order valence-electron chi connectivity index (χ1n) is 8.19. The van der Waals surface area contributed by atoms with E-state index in [1.165, 1.54) is 11.3 Å². The molecule has 27 heavy (non-hydrogen) atoms. The molecular formula is C20H11BrN2O3S. The number of carbonyl (C=O) groups excluding carboxylic acids is 1. The van der Waals surface area contributed by atoms with Crippen LogP contribution in [-0.4, -0.2) is 10.9 Å². The summed E-state index contributed by atoms with van der Waals surface area (Å²) in [5.74, 6) is -0.272. The second-order valence-electron chi connectivity index (χ2n) is 6.12. The average molecular weight is 439 g/mol. The van der Waals surface area contributed by atoms with Gasteiger partial charge in [0.05, 0.1) is 17.0 Å². The van der Waals surface area contributed by atoms with Crippen molar-refractivity contribution in [2.45, 2.75) is 6.04 Å². The van der Waals surface area contributed by atoms with Gasteiger partial charge in [-0.2, -0.15) is 0 Å². The Bertz CT molecular complexity index is 1250. The highest BCUT2D eigenvalue weighted by atomic mass is 79.9. The zero-order valence-corrected chi connectivity index (χ0v) is 16.2. The van der Waals surface area contributed by atoms with E-state index >= 15 is 0 Å². The Labute approximate surface area is 166 Å². The van der Waals surface area contributed by atoms with Crippen LogP contribution in [0.3, 0.4) is 0 Å². The van der Waals surface area contributed by atoms with Gasteiger partial charge in [0.25, 0.3) is 5.91 Å². The lowest BCUT2D eigenvalue weighted by Crippen LogP contribution is -2.29. The van der Waals surface area contributed by atoms with E-state index in [0.717, 1.165) is 10.0 Å². The molecule has 4 aromatic rings. The Morgan fingerprint density at radius 3 is 2.74 bits per heavy atom. The Morgan fingerprint density at radius 1 is 1.11 bits per heavy atom. The molecule has 0 saturated carbocycles. The maximum absolute atomic E-state index is 13.3. The molecule has 0 saturated heterocycles. The van der Waals surface area contributed by atoms with E-state index in [1.54, 1.807) is 40.7 Å². The largest absolute Gasteiger partial charge is 0.450 e. The lowest BCUT2D eigenvalue weighted by molar-refractivity contribution is 0.0971. The summed E-state index contributed by atoms with van der Waals surface area (Å²) in [5, 5.41) is 2.79. The van der Waals surface area contributed by atoms with Crippen LogP contribution in [0.4, 0.5) is 5.13 Å². The van der Waals surface area contributed by atoms with E-state index in [2.05, 4.69) is 20.9 Å². The van der Waals surface area contributed by atoms with Crippen LogP contribution >= 0.6 is 27.3 Å². The molecule has 1 unspecified atom stereocenters. The van der Waals surface area contributed by atoms with Gasteiger partial charge in [-0.05, 0) is 29.8 Å². The molecule has 0 bridgehead atoms. The van der Waals surface area contributed by atoms with Crippen LogP contribution in [0.25, 0.3) is 11.0 Å². The molecule has 2 aromatic heterocycles. The minimum atomic E-state index is -0.586. The summed E-state index contributed by atoms with van der Waals surface area (Å²) >= 11 is 4.82. The second kappa shape index (κ2) is 6.14. The molecule has 0 N–H and O–H groups in total. The van der Waals surface area contributed by atoms with Gasteiger partial charge in [0, 0.05) is 16.0 Å². The van der Waals surface area contributed by atoms with Gasteiger partial charge in [0.2, 0.25) is 5.76 Å². The van der Waals surface area contributed by atoms with E-state index in [-0.39, 0.29) is 17.1 Å². The maximum Gasteiger partial charge on any atom is 0.297 e. The molecule has 0 aliphatic carbocycles. The summed E-state index contributed by atoms with van der Waals surface area (Å²) in [7, 11) is 0. The van der Waals surface area contributed by atoms with Crippen molar-refractivity contribution in [3.8, 4) is 0 Å². The van der Waals surface area contributed by atoms with Gasteiger partial charge in [-0.1, -0.05) is 40.2 Å². The van der Waals surface area contributed by atoms with E-state index in [9.17, 15) is 9.59 Å². The van der Waals surface area contributed by atoms with Gasteiger partial charge in [-0.15, -0.1) is 11.3 Å². The maximum atomic E-state index is 13.3. The molecule has 0 spiro atoms. The molecule has 5 nitrogen and oxygen atoms in total. The number of aromatic nitrogens is 1. The summed E-state index contributed by atoms with van der Waals surface area (Å²) in [6.07, 6.45) is 1.64. The van der Waals surface area contributed by atoms with Crippen LogP contribution in [0.5, 0.6) is 0 Å². The van der Waals surface area contributed by atoms with Crippen molar-refractivity contribution in [1.29, 1.82) is 0 Å². The first kappa shape index (κ1) is 16.4. The monoisotopic (exact) mass is 438 g/mol. The third-order valence-electron chi connectivity index (χ3n) is 4.57. The number of anilines is 1. The van der Waals surface area contributed by atoms with Crippen LogP contribution in [0.15, 0.2) is 73.8 Å². The van der Waals surface area contributed by atoms with Gasteiger partial charge < -0.3 is 4.42 Å². The van der Waals surface area contributed by atoms with Crippen molar-refractivity contribution in [1.82, 2.24) is 4.98 Å². The molecule has 5 rings (SSSR count). The summed E-state index contributed by atoms with van der Waals surface area (Å²) in [4.78, 5) is 32.3. The number of carbonyl (C=O) groups is 1. The predicted molar refractivity (Wildman–Crippen MR) is 107 cm³/mol. The molecule has 0 radical (unpaired) electrons. The summed E-state index contributed by atoms with van der Waals surface area (Å²) < 4.78 is 6.75. The highest BCUT2D eigenvalue weighted by Crippen LogP contribution is 2.42. The summed E-state index contributed by atoms with van der Waals surface area (Å²) in [6, 6.07) is 14.0. The molecule has 7 heteroatoms. The Balaban J connectivity index is 1.85. The molecule has 3 heterocycles. The van der Waals surface area contributed by atoms with Crippen LogP contribution in [0, 0.1) is 0 Å². The zero-order chi connectivity index (χ0) is 18.5. The number of fused-ring (bicyclic) bond motifs is 2. The zero-order valence-electron chi connectivity index (χ0n) is 13.8. The standard InChI is InChI=1S/C20H11BrN2O3S/c21-12-5-3-4-11(10-12)16-15-17(24)13-6-1-2-7-14(13)26-18(15)19(25)23(16)20-22-8-9-27-20/h1-10,16H. The van der Waals surface area contributed by atoms with Crippen LogP contribution in [0.1, 0.15) is 27.7 Å². The number of halogens is 1. The third kappa shape index (κ3) is 2.46. The Kier molecular flexibility index (Phi) is 3.73. The molecule has 1 aliphatic heterocycles. The molecule has 0 fully saturated rings. The first-order chi connectivity index (χ1) is 13.1. The molecule has 132 valence electrons. The first-order valence-corrected chi connectivity index (χ1v) is 9.86. The van der Waals surface area contributed by atoms with Crippen molar-refractivity contribution in [2.75, 3.05) is 4.90 Å². The number of thiazole rings is 1. The number of benzene rings is 2. The number of nitrogens with zero attached hydrogens (tertiary/aromatic N) is 2.